The third kappa shape index (κ3) is 2.74. The van der Waals surface area contributed by atoms with Crippen molar-refractivity contribution in [2.45, 2.75) is 31.7 Å². The summed E-state index contributed by atoms with van der Waals surface area (Å²) in [5, 5.41) is 3.10. The standard InChI is InChI=1S/C12H22N2O2/c1-13-11-3-2-6-14(12(11)15)9-10-4-7-16-8-5-10/h10-11,13H,2-9H2,1H3. The van der Waals surface area contributed by atoms with Crippen molar-refractivity contribution >= 4 is 5.91 Å². The smallest absolute Gasteiger partial charge is 0.239 e. The Bertz CT molecular complexity index is 239. The fourth-order valence-corrected chi connectivity index (χ4v) is 2.63. The lowest BCUT2D eigenvalue weighted by Crippen LogP contribution is -2.51. The predicted molar refractivity (Wildman–Crippen MR) is 62.2 cm³/mol. The molecular weight excluding hydrogens is 204 g/mol. The number of hydrogen-bond acceptors (Lipinski definition) is 3. The Balaban J connectivity index is 1.85. The molecule has 4 heteroatoms. The molecule has 1 amide bonds. The van der Waals surface area contributed by atoms with Gasteiger partial charge in [0.1, 0.15) is 0 Å². The maximum absolute atomic E-state index is 12.1. The summed E-state index contributed by atoms with van der Waals surface area (Å²) >= 11 is 0. The topological polar surface area (TPSA) is 41.6 Å². The molecule has 92 valence electrons. The number of piperidine rings is 1. The van der Waals surface area contributed by atoms with Crippen molar-refractivity contribution in [1.82, 2.24) is 10.2 Å². The van der Waals surface area contributed by atoms with E-state index in [0.29, 0.717) is 11.8 Å². The molecule has 0 aromatic rings. The first-order chi connectivity index (χ1) is 7.81. The lowest BCUT2D eigenvalue weighted by Gasteiger charge is -2.35. The third-order valence-corrected chi connectivity index (χ3v) is 3.70. The summed E-state index contributed by atoms with van der Waals surface area (Å²) in [6.07, 6.45) is 4.32. The summed E-state index contributed by atoms with van der Waals surface area (Å²) in [6, 6.07) is 0.0496. The highest BCUT2D eigenvalue weighted by Gasteiger charge is 2.29. The SMILES string of the molecule is CNC1CCCN(CC2CCOCC2)C1=O. The minimum absolute atomic E-state index is 0.0496. The van der Waals surface area contributed by atoms with Gasteiger partial charge in [0.25, 0.3) is 0 Å². The van der Waals surface area contributed by atoms with Crippen LogP contribution < -0.4 is 5.32 Å². The molecule has 0 spiro atoms. The number of likely N-dealkylation sites (tertiary alicyclic amines) is 1. The van der Waals surface area contributed by atoms with Crippen LogP contribution in [0.3, 0.4) is 0 Å². The van der Waals surface area contributed by atoms with Crippen LogP contribution in [0.4, 0.5) is 0 Å². The fourth-order valence-electron chi connectivity index (χ4n) is 2.63. The lowest BCUT2D eigenvalue weighted by molar-refractivity contribution is -0.137. The van der Waals surface area contributed by atoms with E-state index >= 15 is 0 Å². The molecule has 4 nitrogen and oxygen atoms in total. The summed E-state index contributed by atoms with van der Waals surface area (Å²) in [5.74, 6) is 0.938. The van der Waals surface area contributed by atoms with Gasteiger partial charge in [-0.15, -0.1) is 0 Å². The molecule has 0 aromatic heterocycles. The average molecular weight is 226 g/mol. The van der Waals surface area contributed by atoms with E-state index in [9.17, 15) is 4.79 Å². The van der Waals surface area contributed by atoms with E-state index in [1.54, 1.807) is 0 Å². The van der Waals surface area contributed by atoms with E-state index in [2.05, 4.69) is 5.32 Å². The van der Waals surface area contributed by atoms with Crippen LogP contribution >= 0.6 is 0 Å². The molecule has 16 heavy (non-hydrogen) atoms. The van der Waals surface area contributed by atoms with Gasteiger partial charge in [0.15, 0.2) is 0 Å². The van der Waals surface area contributed by atoms with Crippen molar-refractivity contribution in [1.29, 1.82) is 0 Å². The van der Waals surface area contributed by atoms with Gasteiger partial charge in [0, 0.05) is 26.3 Å². The monoisotopic (exact) mass is 226 g/mol. The number of likely N-dealkylation sites (N-methyl/N-ethyl adjacent to an activating group) is 1. The van der Waals surface area contributed by atoms with Crippen molar-refractivity contribution in [2.75, 3.05) is 33.4 Å². The van der Waals surface area contributed by atoms with E-state index in [1.807, 2.05) is 11.9 Å². The molecule has 0 radical (unpaired) electrons. The number of carbonyl (C=O) groups excluding carboxylic acids is 1. The normalized spacial score (nSPS) is 28.4. The Morgan fingerprint density at radius 2 is 2.12 bits per heavy atom. The molecule has 2 saturated heterocycles. The van der Waals surface area contributed by atoms with Crippen LogP contribution in [0.5, 0.6) is 0 Å². The summed E-state index contributed by atoms with van der Waals surface area (Å²) in [4.78, 5) is 14.1. The van der Waals surface area contributed by atoms with Crippen molar-refractivity contribution in [3.8, 4) is 0 Å². The molecule has 2 rings (SSSR count). The van der Waals surface area contributed by atoms with E-state index in [4.69, 9.17) is 4.74 Å². The Morgan fingerprint density at radius 3 is 2.81 bits per heavy atom. The van der Waals surface area contributed by atoms with E-state index < -0.39 is 0 Å². The van der Waals surface area contributed by atoms with Crippen LogP contribution in [0.1, 0.15) is 25.7 Å². The van der Waals surface area contributed by atoms with Crippen LogP contribution in [0.25, 0.3) is 0 Å². The molecule has 2 heterocycles. The molecule has 0 aliphatic carbocycles. The number of nitrogens with one attached hydrogen (secondary N) is 1. The maximum Gasteiger partial charge on any atom is 0.239 e. The van der Waals surface area contributed by atoms with Gasteiger partial charge in [-0.2, -0.15) is 0 Å². The second-order valence-electron chi connectivity index (χ2n) is 4.82. The summed E-state index contributed by atoms with van der Waals surface area (Å²) < 4.78 is 5.34. The van der Waals surface area contributed by atoms with Crippen LogP contribution in [0, 0.1) is 5.92 Å². The second-order valence-corrected chi connectivity index (χ2v) is 4.82. The Morgan fingerprint density at radius 1 is 1.38 bits per heavy atom. The number of rotatable bonds is 3. The minimum Gasteiger partial charge on any atom is -0.381 e. The summed E-state index contributed by atoms with van der Waals surface area (Å²) in [6.45, 7) is 3.60. The van der Waals surface area contributed by atoms with E-state index in [0.717, 1.165) is 52.0 Å². The highest BCUT2D eigenvalue weighted by Crippen LogP contribution is 2.19. The first-order valence-electron chi connectivity index (χ1n) is 6.35. The first kappa shape index (κ1) is 11.9. The Kier molecular flexibility index (Phi) is 4.18. The van der Waals surface area contributed by atoms with E-state index in [-0.39, 0.29) is 6.04 Å². The first-order valence-corrected chi connectivity index (χ1v) is 6.35. The van der Waals surface area contributed by atoms with Gasteiger partial charge in [-0.3, -0.25) is 4.79 Å². The second kappa shape index (κ2) is 5.64. The quantitative estimate of drug-likeness (QED) is 0.767. The Hall–Kier alpha value is -0.610. The van der Waals surface area contributed by atoms with Crippen LogP contribution in [-0.2, 0) is 9.53 Å². The zero-order valence-electron chi connectivity index (χ0n) is 10.1. The number of carbonyl (C=O) groups is 1. The van der Waals surface area contributed by atoms with Crippen LogP contribution in [0.15, 0.2) is 0 Å². The highest BCUT2D eigenvalue weighted by atomic mass is 16.5. The number of nitrogens with zero attached hydrogens (tertiary/aromatic N) is 1. The van der Waals surface area contributed by atoms with Crippen LogP contribution in [-0.4, -0.2) is 50.2 Å². The summed E-state index contributed by atoms with van der Waals surface area (Å²) in [7, 11) is 1.88. The molecule has 2 aliphatic rings. The van der Waals surface area contributed by atoms with Gasteiger partial charge in [0.05, 0.1) is 6.04 Å². The van der Waals surface area contributed by atoms with Gasteiger partial charge in [-0.05, 0) is 38.6 Å². The van der Waals surface area contributed by atoms with Crippen molar-refractivity contribution in [3.63, 3.8) is 0 Å². The van der Waals surface area contributed by atoms with Crippen molar-refractivity contribution < 1.29 is 9.53 Å². The molecular formula is C12H22N2O2. The van der Waals surface area contributed by atoms with E-state index in [1.165, 1.54) is 0 Å². The molecule has 0 bridgehead atoms. The van der Waals surface area contributed by atoms with Gasteiger partial charge in [-0.25, -0.2) is 0 Å². The number of amides is 1. The maximum atomic E-state index is 12.1. The molecule has 2 aliphatic heterocycles. The van der Waals surface area contributed by atoms with Crippen molar-refractivity contribution in [2.24, 2.45) is 5.92 Å². The molecule has 2 fully saturated rings. The van der Waals surface area contributed by atoms with Gasteiger partial charge >= 0.3 is 0 Å². The molecule has 0 saturated carbocycles. The lowest BCUT2D eigenvalue weighted by atomic mass is 9.97. The predicted octanol–water partition coefficient (Wildman–Crippen LogP) is 0.623. The van der Waals surface area contributed by atoms with Gasteiger partial charge in [-0.1, -0.05) is 0 Å². The minimum atomic E-state index is 0.0496. The third-order valence-electron chi connectivity index (χ3n) is 3.70. The molecule has 1 N–H and O–H groups in total. The van der Waals surface area contributed by atoms with Gasteiger partial charge < -0.3 is 15.0 Å². The van der Waals surface area contributed by atoms with Gasteiger partial charge in [0.2, 0.25) is 5.91 Å². The number of hydrogen-bond donors (Lipinski definition) is 1. The number of ether oxygens (including phenoxy) is 1. The zero-order chi connectivity index (χ0) is 11.4. The van der Waals surface area contributed by atoms with Crippen molar-refractivity contribution in [3.05, 3.63) is 0 Å². The molecule has 1 unspecified atom stereocenters. The summed E-state index contributed by atoms with van der Waals surface area (Å²) in [5.41, 5.74) is 0. The molecule has 0 aromatic carbocycles. The zero-order valence-corrected chi connectivity index (χ0v) is 10.1. The fraction of sp³-hybridized carbons (Fsp3) is 0.917. The van der Waals surface area contributed by atoms with Crippen LogP contribution in [0.2, 0.25) is 0 Å². The largest absolute Gasteiger partial charge is 0.381 e. The highest BCUT2D eigenvalue weighted by molar-refractivity contribution is 5.82. The molecule has 1 atom stereocenters. The average Bonchev–Trinajstić information content (AvgIpc) is 2.33. The Labute approximate surface area is 97.3 Å².